The Morgan fingerprint density at radius 1 is 1.11 bits per heavy atom. The first kappa shape index (κ1) is 13.8. The van der Waals surface area contributed by atoms with Crippen LogP contribution in [0.3, 0.4) is 0 Å². The molecule has 104 valence electrons. The molecule has 5 nitrogen and oxygen atoms in total. The molecule has 0 aromatic rings. The van der Waals surface area contributed by atoms with Gasteiger partial charge in [-0.25, -0.2) is 8.42 Å². The highest BCUT2D eigenvalue weighted by atomic mass is 32.2. The van der Waals surface area contributed by atoms with E-state index < -0.39 is 9.84 Å². The molecule has 2 rings (SSSR count). The number of hydrogen-bond acceptors (Lipinski definition) is 4. The number of carbonyl (C=O) groups excluding carboxylic acids is 1. The van der Waals surface area contributed by atoms with Gasteiger partial charge in [0.2, 0.25) is 5.91 Å². The van der Waals surface area contributed by atoms with Gasteiger partial charge in [0.1, 0.15) is 0 Å². The lowest BCUT2D eigenvalue weighted by atomic mass is 10.0. The molecule has 0 aromatic heterocycles. The second kappa shape index (κ2) is 5.57. The minimum absolute atomic E-state index is 0.231. The smallest absolute Gasteiger partial charge is 0.222 e. The molecule has 2 heterocycles. The summed E-state index contributed by atoms with van der Waals surface area (Å²) in [6, 6.07) is 0.460. The molecule has 0 aliphatic carbocycles. The van der Waals surface area contributed by atoms with Crippen LogP contribution in [0.5, 0.6) is 0 Å². The van der Waals surface area contributed by atoms with Crippen molar-refractivity contribution in [1.82, 2.24) is 9.80 Å². The summed E-state index contributed by atoms with van der Waals surface area (Å²) in [5.74, 6) is 0.817. The molecule has 0 aromatic carbocycles. The first-order valence-corrected chi connectivity index (χ1v) is 8.56. The summed E-state index contributed by atoms with van der Waals surface area (Å²) in [7, 11) is -2.79. The van der Waals surface area contributed by atoms with Crippen LogP contribution in [-0.2, 0) is 14.6 Å². The van der Waals surface area contributed by atoms with E-state index in [0.717, 1.165) is 25.9 Å². The molecule has 6 heteroatoms. The van der Waals surface area contributed by atoms with Gasteiger partial charge in [0.05, 0.1) is 11.5 Å². The topological polar surface area (TPSA) is 57.7 Å². The third-order valence-electron chi connectivity index (χ3n) is 4.02. The van der Waals surface area contributed by atoms with Crippen LogP contribution in [0.25, 0.3) is 0 Å². The first-order chi connectivity index (χ1) is 8.52. The Morgan fingerprint density at radius 3 is 2.17 bits per heavy atom. The van der Waals surface area contributed by atoms with Crippen molar-refractivity contribution in [2.75, 3.05) is 37.7 Å². The minimum atomic E-state index is -2.79. The fourth-order valence-electron chi connectivity index (χ4n) is 2.80. The number of likely N-dealkylation sites (tertiary alicyclic amines) is 1. The highest BCUT2D eigenvalue weighted by Gasteiger charge is 2.30. The van der Waals surface area contributed by atoms with Gasteiger partial charge in [-0.15, -0.1) is 0 Å². The molecule has 18 heavy (non-hydrogen) atoms. The predicted molar refractivity (Wildman–Crippen MR) is 70.1 cm³/mol. The molecule has 0 N–H and O–H groups in total. The van der Waals surface area contributed by atoms with Crippen LogP contribution in [0.15, 0.2) is 0 Å². The zero-order chi connectivity index (χ0) is 13.2. The monoisotopic (exact) mass is 274 g/mol. The zero-order valence-electron chi connectivity index (χ0n) is 11.0. The predicted octanol–water partition coefficient (Wildman–Crippen LogP) is 0.118. The standard InChI is InChI=1S/C12H22N2O3S/c1-2-12(15)14-5-3-11(4-6-14)13-7-9-18(16,17)10-8-13/h11H,2-10H2,1H3. The van der Waals surface area contributed by atoms with Gasteiger partial charge in [-0.2, -0.15) is 0 Å². The Morgan fingerprint density at radius 2 is 1.67 bits per heavy atom. The third-order valence-corrected chi connectivity index (χ3v) is 5.62. The maximum Gasteiger partial charge on any atom is 0.222 e. The summed E-state index contributed by atoms with van der Waals surface area (Å²) in [5.41, 5.74) is 0. The van der Waals surface area contributed by atoms with Gasteiger partial charge in [-0.05, 0) is 12.8 Å². The van der Waals surface area contributed by atoms with Crippen LogP contribution in [0, 0.1) is 0 Å². The molecule has 1 amide bonds. The van der Waals surface area contributed by atoms with Gasteiger partial charge in [0.15, 0.2) is 9.84 Å². The normalized spacial score (nSPS) is 26.2. The lowest BCUT2D eigenvalue weighted by Crippen LogP contribution is -2.51. The van der Waals surface area contributed by atoms with Crippen LogP contribution in [-0.4, -0.2) is 67.9 Å². The fourth-order valence-corrected chi connectivity index (χ4v) is 4.03. The highest BCUT2D eigenvalue weighted by Crippen LogP contribution is 2.19. The van der Waals surface area contributed by atoms with E-state index in [9.17, 15) is 13.2 Å². The van der Waals surface area contributed by atoms with E-state index in [1.807, 2.05) is 11.8 Å². The Balaban J connectivity index is 1.82. The van der Waals surface area contributed by atoms with Crippen molar-refractivity contribution < 1.29 is 13.2 Å². The number of rotatable bonds is 2. The lowest BCUT2D eigenvalue weighted by molar-refractivity contribution is -0.132. The summed E-state index contributed by atoms with van der Waals surface area (Å²) in [4.78, 5) is 15.8. The van der Waals surface area contributed by atoms with E-state index in [1.54, 1.807) is 0 Å². The van der Waals surface area contributed by atoms with Crippen LogP contribution >= 0.6 is 0 Å². The molecule has 2 aliphatic heterocycles. The molecule has 2 fully saturated rings. The van der Waals surface area contributed by atoms with Crippen molar-refractivity contribution in [1.29, 1.82) is 0 Å². The van der Waals surface area contributed by atoms with Crippen LogP contribution in [0.4, 0.5) is 0 Å². The van der Waals surface area contributed by atoms with E-state index >= 15 is 0 Å². The van der Waals surface area contributed by atoms with Gasteiger partial charge in [-0.3, -0.25) is 9.69 Å². The molecule has 0 spiro atoms. The quantitative estimate of drug-likeness (QED) is 0.717. The summed E-state index contributed by atoms with van der Waals surface area (Å²) in [6.07, 6.45) is 2.53. The summed E-state index contributed by atoms with van der Waals surface area (Å²) >= 11 is 0. The number of hydrogen-bond donors (Lipinski definition) is 0. The van der Waals surface area contributed by atoms with E-state index in [2.05, 4.69) is 4.90 Å². The summed E-state index contributed by atoms with van der Waals surface area (Å²) in [5, 5.41) is 0. The highest BCUT2D eigenvalue weighted by molar-refractivity contribution is 7.91. The zero-order valence-corrected chi connectivity index (χ0v) is 11.8. The van der Waals surface area contributed by atoms with E-state index in [0.29, 0.717) is 37.1 Å². The Hall–Kier alpha value is -0.620. The SMILES string of the molecule is CCC(=O)N1CCC(N2CCS(=O)(=O)CC2)CC1. The average Bonchev–Trinajstić information content (AvgIpc) is 2.38. The van der Waals surface area contributed by atoms with Gasteiger partial charge >= 0.3 is 0 Å². The molecular weight excluding hydrogens is 252 g/mol. The van der Waals surface area contributed by atoms with Crippen LogP contribution in [0.2, 0.25) is 0 Å². The molecule has 0 radical (unpaired) electrons. The number of carbonyl (C=O) groups is 1. The Labute approximate surface area is 109 Å². The van der Waals surface area contributed by atoms with Crippen molar-refractivity contribution in [3.63, 3.8) is 0 Å². The number of sulfone groups is 1. The van der Waals surface area contributed by atoms with E-state index in [4.69, 9.17) is 0 Å². The lowest BCUT2D eigenvalue weighted by Gasteiger charge is -2.40. The van der Waals surface area contributed by atoms with E-state index in [-0.39, 0.29) is 5.91 Å². The van der Waals surface area contributed by atoms with Crippen molar-refractivity contribution in [3.8, 4) is 0 Å². The Bertz CT molecular complexity index is 386. The molecule has 0 saturated carbocycles. The van der Waals surface area contributed by atoms with Crippen molar-refractivity contribution in [3.05, 3.63) is 0 Å². The molecule has 0 unspecified atom stereocenters. The van der Waals surface area contributed by atoms with Gasteiger partial charge in [0.25, 0.3) is 0 Å². The number of nitrogens with zero attached hydrogens (tertiary/aromatic N) is 2. The fraction of sp³-hybridized carbons (Fsp3) is 0.917. The summed E-state index contributed by atoms with van der Waals surface area (Å²) in [6.45, 7) is 4.86. The molecular formula is C12H22N2O3S. The average molecular weight is 274 g/mol. The van der Waals surface area contributed by atoms with Gasteiger partial charge in [-0.1, -0.05) is 6.92 Å². The van der Waals surface area contributed by atoms with Crippen LogP contribution in [0.1, 0.15) is 26.2 Å². The van der Waals surface area contributed by atoms with Crippen molar-refractivity contribution in [2.24, 2.45) is 0 Å². The molecule has 0 atom stereocenters. The maximum absolute atomic E-state index is 11.6. The minimum Gasteiger partial charge on any atom is -0.343 e. The Kier molecular flexibility index (Phi) is 4.27. The third kappa shape index (κ3) is 3.23. The summed E-state index contributed by atoms with van der Waals surface area (Å²) < 4.78 is 22.8. The van der Waals surface area contributed by atoms with Crippen LogP contribution < -0.4 is 0 Å². The largest absolute Gasteiger partial charge is 0.343 e. The second-order valence-corrected chi connectivity index (χ2v) is 7.46. The molecule has 2 saturated heterocycles. The van der Waals surface area contributed by atoms with Gasteiger partial charge < -0.3 is 4.90 Å². The van der Waals surface area contributed by atoms with Crippen molar-refractivity contribution in [2.45, 2.75) is 32.2 Å². The molecule has 2 aliphatic rings. The first-order valence-electron chi connectivity index (χ1n) is 6.74. The second-order valence-electron chi connectivity index (χ2n) is 5.15. The number of amides is 1. The molecule has 0 bridgehead atoms. The van der Waals surface area contributed by atoms with E-state index in [1.165, 1.54) is 0 Å². The van der Waals surface area contributed by atoms with Gasteiger partial charge in [0, 0.05) is 38.6 Å². The maximum atomic E-state index is 11.6. The van der Waals surface area contributed by atoms with Crippen molar-refractivity contribution >= 4 is 15.7 Å². The number of piperidine rings is 1.